The van der Waals surface area contributed by atoms with Gasteiger partial charge in [-0.3, -0.25) is 0 Å². The van der Waals surface area contributed by atoms with E-state index < -0.39 is 0 Å². The lowest BCUT2D eigenvalue weighted by Crippen LogP contribution is -2.30. The van der Waals surface area contributed by atoms with Crippen LogP contribution in [-0.4, -0.2) is 40.8 Å². The van der Waals surface area contributed by atoms with Crippen LogP contribution in [0.4, 0.5) is 11.9 Å². The second kappa shape index (κ2) is 5.97. The highest BCUT2D eigenvalue weighted by molar-refractivity contribution is 6.28. The molecular formula is C10H16ClN5O. The van der Waals surface area contributed by atoms with Crippen LogP contribution in [0.15, 0.2) is 0 Å². The normalized spacial score (nSPS) is 20.0. The van der Waals surface area contributed by atoms with Crippen LogP contribution in [0, 0.1) is 0 Å². The van der Waals surface area contributed by atoms with Crippen molar-refractivity contribution in [1.82, 2.24) is 15.0 Å². The molecule has 0 radical (unpaired) electrons. The third kappa shape index (κ3) is 3.67. The van der Waals surface area contributed by atoms with Crippen LogP contribution in [0.25, 0.3) is 0 Å². The van der Waals surface area contributed by atoms with Crippen LogP contribution in [-0.2, 0) is 4.74 Å². The Balaban J connectivity index is 2.03. The van der Waals surface area contributed by atoms with Gasteiger partial charge in [-0.1, -0.05) is 0 Å². The van der Waals surface area contributed by atoms with E-state index >= 15 is 0 Å². The van der Waals surface area contributed by atoms with E-state index in [1.54, 1.807) is 0 Å². The van der Waals surface area contributed by atoms with Crippen molar-refractivity contribution in [3.05, 3.63) is 5.28 Å². The zero-order valence-electron chi connectivity index (χ0n) is 9.74. The van der Waals surface area contributed by atoms with Crippen LogP contribution in [0.2, 0.25) is 5.28 Å². The van der Waals surface area contributed by atoms with Gasteiger partial charge in [0.1, 0.15) is 0 Å². The summed E-state index contributed by atoms with van der Waals surface area (Å²) in [5.74, 6) is 0.989. The van der Waals surface area contributed by atoms with Crippen molar-refractivity contribution in [3.63, 3.8) is 0 Å². The smallest absolute Gasteiger partial charge is 0.229 e. The number of nitrogens with one attached hydrogen (secondary N) is 2. The van der Waals surface area contributed by atoms with Crippen LogP contribution in [0.3, 0.4) is 0 Å². The van der Waals surface area contributed by atoms with Gasteiger partial charge in [-0.2, -0.15) is 15.0 Å². The summed E-state index contributed by atoms with van der Waals surface area (Å²) in [6, 6.07) is 0.247. The van der Waals surface area contributed by atoms with Gasteiger partial charge in [-0.15, -0.1) is 0 Å². The van der Waals surface area contributed by atoms with Gasteiger partial charge < -0.3 is 15.4 Å². The van der Waals surface area contributed by atoms with E-state index in [2.05, 4.69) is 25.6 Å². The molecule has 6 nitrogen and oxygen atoms in total. The molecular weight excluding hydrogens is 242 g/mol. The third-order valence-electron chi connectivity index (χ3n) is 2.44. The largest absolute Gasteiger partial charge is 0.379 e. The summed E-state index contributed by atoms with van der Waals surface area (Å²) in [5, 5.41) is 6.41. The summed E-state index contributed by atoms with van der Waals surface area (Å²) in [6.45, 7) is 4.23. The summed E-state index contributed by atoms with van der Waals surface area (Å²) in [5.41, 5.74) is 0. The van der Waals surface area contributed by atoms with E-state index in [9.17, 15) is 0 Å². The highest BCUT2D eigenvalue weighted by atomic mass is 35.5. The van der Waals surface area contributed by atoms with Crippen LogP contribution >= 0.6 is 11.6 Å². The van der Waals surface area contributed by atoms with Gasteiger partial charge in [-0.25, -0.2) is 0 Å². The van der Waals surface area contributed by atoms with E-state index in [0.29, 0.717) is 18.5 Å². The molecule has 1 atom stereocenters. The van der Waals surface area contributed by atoms with Gasteiger partial charge in [0.25, 0.3) is 0 Å². The SMILES string of the molecule is CCNc1nc(Cl)nc(NC2CCCOC2)n1. The lowest BCUT2D eigenvalue weighted by Gasteiger charge is -2.23. The zero-order valence-corrected chi connectivity index (χ0v) is 10.5. The fraction of sp³-hybridized carbons (Fsp3) is 0.700. The Bertz CT molecular complexity index is 370. The average Bonchev–Trinajstić information content (AvgIpc) is 2.30. The van der Waals surface area contributed by atoms with Crippen molar-refractivity contribution >= 4 is 23.5 Å². The molecule has 2 N–H and O–H groups in total. The maximum absolute atomic E-state index is 5.83. The Labute approximate surface area is 105 Å². The van der Waals surface area contributed by atoms with Gasteiger partial charge in [0.15, 0.2) is 0 Å². The molecule has 1 aliphatic heterocycles. The van der Waals surface area contributed by atoms with Crippen LogP contribution < -0.4 is 10.6 Å². The molecule has 1 saturated heterocycles. The molecule has 7 heteroatoms. The molecule has 2 rings (SSSR count). The predicted molar refractivity (Wildman–Crippen MR) is 66.5 cm³/mol. The van der Waals surface area contributed by atoms with Crippen molar-refractivity contribution in [1.29, 1.82) is 0 Å². The van der Waals surface area contributed by atoms with Gasteiger partial charge in [0, 0.05) is 13.2 Å². The van der Waals surface area contributed by atoms with Gasteiger partial charge >= 0.3 is 0 Å². The number of hydrogen-bond donors (Lipinski definition) is 2. The molecule has 1 aromatic heterocycles. The molecule has 17 heavy (non-hydrogen) atoms. The molecule has 1 aliphatic rings. The molecule has 0 aromatic carbocycles. The highest BCUT2D eigenvalue weighted by Gasteiger charge is 2.15. The number of rotatable bonds is 4. The maximum atomic E-state index is 5.83. The number of hydrogen-bond acceptors (Lipinski definition) is 6. The first-order valence-electron chi connectivity index (χ1n) is 5.77. The second-order valence-corrected chi connectivity index (χ2v) is 4.18. The first-order chi connectivity index (χ1) is 8.28. The molecule has 0 spiro atoms. The van der Waals surface area contributed by atoms with E-state index in [-0.39, 0.29) is 11.3 Å². The Hall–Kier alpha value is -1.14. The first-order valence-corrected chi connectivity index (χ1v) is 6.15. The fourth-order valence-corrected chi connectivity index (χ4v) is 1.85. The molecule has 0 amide bonds. The molecule has 1 unspecified atom stereocenters. The van der Waals surface area contributed by atoms with E-state index in [0.717, 1.165) is 26.0 Å². The van der Waals surface area contributed by atoms with E-state index in [1.807, 2.05) is 6.92 Å². The number of ether oxygens (including phenoxy) is 1. The van der Waals surface area contributed by atoms with E-state index in [1.165, 1.54) is 0 Å². The van der Waals surface area contributed by atoms with Gasteiger partial charge in [0.05, 0.1) is 12.6 Å². The molecule has 1 aromatic rings. The lowest BCUT2D eigenvalue weighted by molar-refractivity contribution is 0.0874. The Morgan fingerprint density at radius 1 is 1.35 bits per heavy atom. The fourth-order valence-electron chi connectivity index (χ4n) is 1.69. The van der Waals surface area contributed by atoms with Gasteiger partial charge in [0.2, 0.25) is 17.2 Å². The predicted octanol–water partition coefficient (Wildman–Crippen LogP) is 1.55. The number of nitrogens with zero attached hydrogens (tertiary/aromatic N) is 3. The summed E-state index contributed by atoms with van der Waals surface area (Å²) in [4.78, 5) is 12.3. The highest BCUT2D eigenvalue weighted by Crippen LogP contribution is 2.14. The minimum atomic E-state index is 0.190. The second-order valence-electron chi connectivity index (χ2n) is 3.84. The first kappa shape index (κ1) is 12.3. The Morgan fingerprint density at radius 3 is 2.88 bits per heavy atom. The Morgan fingerprint density at radius 2 is 2.18 bits per heavy atom. The lowest BCUT2D eigenvalue weighted by atomic mass is 10.1. The summed E-state index contributed by atoms with van der Waals surface area (Å²) in [6.07, 6.45) is 2.11. The van der Waals surface area contributed by atoms with Crippen LogP contribution in [0.1, 0.15) is 19.8 Å². The Kier molecular flexibility index (Phi) is 4.33. The third-order valence-corrected chi connectivity index (χ3v) is 2.61. The number of aromatic nitrogens is 3. The quantitative estimate of drug-likeness (QED) is 0.853. The van der Waals surface area contributed by atoms with Crippen LogP contribution in [0.5, 0.6) is 0 Å². The van der Waals surface area contributed by atoms with Crippen molar-refractivity contribution < 1.29 is 4.74 Å². The average molecular weight is 258 g/mol. The molecule has 94 valence electrons. The minimum Gasteiger partial charge on any atom is -0.379 e. The summed E-state index contributed by atoms with van der Waals surface area (Å²) in [7, 11) is 0. The van der Waals surface area contributed by atoms with Crippen molar-refractivity contribution in [2.75, 3.05) is 30.4 Å². The zero-order chi connectivity index (χ0) is 12.1. The molecule has 1 fully saturated rings. The molecule has 0 aliphatic carbocycles. The number of halogens is 1. The van der Waals surface area contributed by atoms with Crippen molar-refractivity contribution in [3.8, 4) is 0 Å². The van der Waals surface area contributed by atoms with E-state index in [4.69, 9.17) is 16.3 Å². The van der Waals surface area contributed by atoms with Crippen molar-refractivity contribution in [2.24, 2.45) is 0 Å². The minimum absolute atomic E-state index is 0.190. The summed E-state index contributed by atoms with van der Waals surface area (Å²) < 4.78 is 5.38. The van der Waals surface area contributed by atoms with Crippen molar-refractivity contribution in [2.45, 2.75) is 25.8 Å². The standard InChI is InChI=1S/C10H16ClN5O/c1-2-12-9-14-8(11)15-10(16-9)13-7-4-3-5-17-6-7/h7H,2-6H2,1H3,(H2,12,13,14,15,16). The topological polar surface area (TPSA) is 72.0 Å². The number of anilines is 2. The van der Waals surface area contributed by atoms with Gasteiger partial charge in [-0.05, 0) is 31.4 Å². The molecule has 0 bridgehead atoms. The monoisotopic (exact) mass is 257 g/mol. The molecule has 0 saturated carbocycles. The summed E-state index contributed by atoms with van der Waals surface area (Å²) >= 11 is 5.83. The maximum Gasteiger partial charge on any atom is 0.229 e. The molecule has 2 heterocycles.